The molecule has 0 fully saturated rings. The van der Waals surface area contributed by atoms with Gasteiger partial charge >= 0.3 is 6.18 Å². The van der Waals surface area contributed by atoms with Crippen molar-refractivity contribution in [2.45, 2.75) is 12.2 Å². The zero-order chi connectivity index (χ0) is 11.3. The highest BCUT2D eigenvalue weighted by Gasteiger charge is 2.28. The highest BCUT2D eigenvalue weighted by molar-refractivity contribution is 5.11. The molecule has 0 aliphatic rings. The van der Waals surface area contributed by atoms with Crippen LogP contribution in [0.5, 0.6) is 0 Å². The van der Waals surface area contributed by atoms with Crippen LogP contribution in [-0.4, -0.2) is 19.4 Å². The van der Waals surface area contributed by atoms with Crippen molar-refractivity contribution >= 4 is 0 Å². The van der Waals surface area contributed by atoms with Crippen LogP contribution in [0.2, 0.25) is 0 Å². The molecule has 1 heterocycles. The normalized spacial score (nSPS) is 14.1. The van der Waals surface area contributed by atoms with Gasteiger partial charge in [0.05, 0.1) is 25.2 Å². The molecule has 0 aliphatic heterocycles. The van der Waals surface area contributed by atoms with Crippen molar-refractivity contribution in [3.63, 3.8) is 0 Å². The molecule has 1 aromatic heterocycles. The zero-order valence-electron chi connectivity index (χ0n) is 7.75. The predicted octanol–water partition coefficient (Wildman–Crippen LogP) is 1.36. The molecule has 1 atom stereocenters. The van der Waals surface area contributed by atoms with Crippen LogP contribution in [0.4, 0.5) is 13.2 Å². The van der Waals surface area contributed by atoms with Crippen LogP contribution >= 0.6 is 0 Å². The first-order chi connectivity index (χ1) is 7.03. The quantitative estimate of drug-likeness (QED) is 0.585. The molecule has 15 heavy (non-hydrogen) atoms. The number of rotatable bonds is 5. The molecule has 3 N–H and O–H groups in total. The van der Waals surface area contributed by atoms with Crippen LogP contribution in [-0.2, 0) is 4.74 Å². The Morgan fingerprint density at radius 1 is 1.53 bits per heavy atom. The van der Waals surface area contributed by atoms with Crippen molar-refractivity contribution in [3.8, 4) is 0 Å². The molecular weight excluding hydrogens is 213 g/mol. The largest absolute Gasteiger partial charge is 0.472 e. The Balaban J connectivity index is 2.36. The minimum absolute atomic E-state index is 0.171. The maximum atomic E-state index is 11.8. The summed E-state index contributed by atoms with van der Waals surface area (Å²) in [6, 6.07) is 1.09. The third-order valence-corrected chi connectivity index (χ3v) is 1.70. The molecule has 0 amide bonds. The van der Waals surface area contributed by atoms with E-state index in [-0.39, 0.29) is 6.61 Å². The number of hydrogen-bond donors (Lipinski definition) is 2. The van der Waals surface area contributed by atoms with Crippen LogP contribution in [0.15, 0.2) is 23.0 Å². The standard InChI is InChI=1S/C8H11F3N2O2/c9-8(10,11)5-15-4-7(13-12)6-1-2-14-3-6/h1-3,7,13H,4-5,12H2. The summed E-state index contributed by atoms with van der Waals surface area (Å²) < 4.78 is 44.5. The smallest absolute Gasteiger partial charge is 0.411 e. The van der Waals surface area contributed by atoms with Gasteiger partial charge in [0.15, 0.2) is 0 Å². The Morgan fingerprint density at radius 2 is 2.27 bits per heavy atom. The van der Waals surface area contributed by atoms with Crippen molar-refractivity contribution in [2.24, 2.45) is 5.84 Å². The number of ether oxygens (including phenoxy) is 1. The van der Waals surface area contributed by atoms with Crippen molar-refractivity contribution in [1.82, 2.24) is 5.43 Å². The summed E-state index contributed by atoms with van der Waals surface area (Å²) in [6.07, 6.45) is -1.53. The van der Waals surface area contributed by atoms with E-state index in [1.807, 2.05) is 0 Å². The van der Waals surface area contributed by atoms with E-state index >= 15 is 0 Å². The fourth-order valence-corrected chi connectivity index (χ4v) is 1.01. The summed E-state index contributed by atoms with van der Waals surface area (Å²) in [7, 11) is 0. The van der Waals surface area contributed by atoms with Crippen molar-refractivity contribution < 1.29 is 22.3 Å². The molecule has 0 saturated heterocycles. The van der Waals surface area contributed by atoms with E-state index in [2.05, 4.69) is 10.2 Å². The molecule has 86 valence electrons. The minimum Gasteiger partial charge on any atom is -0.472 e. The van der Waals surface area contributed by atoms with E-state index in [0.717, 1.165) is 0 Å². The summed E-state index contributed by atoms with van der Waals surface area (Å²) in [5.74, 6) is 5.16. The monoisotopic (exact) mass is 224 g/mol. The fraction of sp³-hybridized carbons (Fsp3) is 0.500. The van der Waals surface area contributed by atoms with Gasteiger partial charge in [0.25, 0.3) is 0 Å². The van der Waals surface area contributed by atoms with Crippen LogP contribution in [0, 0.1) is 0 Å². The lowest BCUT2D eigenvalue weighted by Crippen LogP contribution is -2.32. The average molecular weight is 224 g/mol. The average Bonchev–Trinajstić information content (AvgIpc) is 2.63. The van der Waals surface area contributed by atoms with Gasteiger partial charge in [-0.2, -0.15) is 13.2 Å². The molecule has 0 spiro atoms. The first-order valence-electron chi connectivity index (χ1n) is 4.15. The lowest BCUT2D eigenvalue weighted by atomic mass is 10.2. The van der Waals surface area contributed by atoms with E-state index in [1.165, 1.54) is 12.5 Å². The molecule has 1 unspecified atom stereocenters. The van der Waals surface area contributed by atoms with Gasteiger partial charge in [-0.05, 0) is 6.07 Å². The number of alkyl halides is 3. The zero-order valence-corrected chi connectivity index (χ0v) is 7.75. The van der Waals surface area contributed by atoms with Crippen LogP contribution in [0.3, 0.4) is 0 Å². The Hall–Kier alpha value is -1.05. The minimum atomic E-state index is -4.32. The molecule has 4 nitrogen and oxygen atoms in total. The Labute approximate surface area is 84.2 Å². The summed E-state index contributed by atoms with van der Waals surface area (Å²) in [5.41, 5.74) is 2.98. The second kappa shape index (κ2) is 5.15. The van der Waals surface area contributed by atoms with Crippen molar-refractivity contribution in [2.75, 3.05) is 13.2 Å². The Kier molecular flexibility index (Phi) is 4.13. The predicted molar refractivity (Wildman–Crippen MR) is 45.6 cm³/mol. The second-order valence-corrected chi connectivity index (χ2v) is 2.91. The van der Waals surface area contributed by atoms with Gasteiger partial charge < -0.3 is 9.15 Å². The van der Waals surface area contributed by atoms with Gasteiger partial charge in [-0.1, -0.05) is 0 Å². The molecule has 7 heteroatoms. The Morgan fingerprint density at radius 3 is 2.73 bits per heavy atom. The van der Waals surface area contributed by atoms with E-state index in [4.69, 9.17) is 10.3 Å². The number of hydrogen-bond acceptors (Lipinski definition) is 4. The maximum absolute atomic E-state index is 11.8. The number of halogens is 3. The first-order valence-corrected chi connectivity index (χ1v) is 4.15. The molecule has 1 rings (SSSR count). The molecule has 0 aromatic carbocycles. The van der Waals surface area contributed by atoms with E-state index in [0.29, 0.717) is 5.56 Å². The first kappa shape index (κ1) is 12.0. The van der Waals surface area contributed by atoms with E-state index in [9.17, 15) is 13.2 Å². The number of furan rings is 1. The third-order valence-electron chi connectivity index (χ3n) is 1.70. The number of hydrazine groups is 1. The number of nitrogens with two attached hydrogens (primary N) is 1. The summed E-state index contributed by atoms with van der Waals surface area (Å²) in [5, 5.41) is 0. The van der Waals surface area contributed by atoms with Gasteiger partial charge in [-0.25, -0.2) is 0 Å². The van der Waals surface area contributed by atoms with Gasteiger partial charge in [-0.15, -0.1) is 0 Å². The van der Waals surface area contributed by atoms with Gasteiger partial charge in [-0.3, -0.25) is 11.3 Å². The lowest BCUT2D eigenvalue weighted by molar-refractivity contribution is -0.175. The van der Waals surface area contributed by atoms with E-state index < -0.39 is 18.8 Å². The highest BCUT2D eigenvalue weighted by atomic mass is 19.4. The van der Waals surface area contributed by atoms with Gasteiger partial charge in [0.2, 0.25) is 0 Å². The van der Waals surface area contributed by atoms with Gasteiger partial charge in [0, 0.05) is 5.56 Å². The molecule has 0 radical (unpaired) electrons. The summed E-state index contributed by atoms with van der Waals surface area (Å²) in [6.45, 7) is -1.46. The highest BCUT2D eigenvalue weighted by Crippen LogP contribution is 2.17. The molecule has 1 aromatic rings. The molecule has 0 bridgehead atoms. The maximum Gasteiger partial charge on any atom is 0.411 e. The second-order valence-electron chi connectivity index (χ2n) is 2.91. The SMILES string of the molecule is NNC(COCC(F)(F)F)c1ccoc1. The van der Waals surface area contributed by atoms with Crippen molar-refractivity contribution in [1.29, 1.82) is 0 Å². The van der Waals surface area contributed by atoms with Gasteiger partial charge in [0.1, 0.15) is 6.61 Å². The van der Waals surface area contributed by atoms with Crippen LogP contribution in [0.1, 0.15) is 11.6 Å². The summed E-state index contributed by atoms with van der Waals surface area (Å²) >= 11 is 0. The molecule has 0 saturated carbocycles. The van der Waals surface area contributed by atoms with Crippen LogP contribution < -0.4 is 11.3 Å². The fourth-order valence-electron chi connectivity index (χ4n) is 1.01. The topological polar surface area (TPSA) is 60.4 Å². The number of nitrogens with one attached hydrogen (secondary N) is 1. The molecular formula is C8H11F3N2O2. The van der Waals surface area contributed by atoms with E-state index in [1.54, 1.807) is 6.07 Å². The van der Waals surface area contributed by atoms with Crippen LogP contribution in [0.25, 0.3) is 0 Å². The van der Waals surface area contributed by atoms with Crippen molar-refractivity contribution in [3.05, 3.63) is 24.2 Å². The Bertz CT molecular complexity index is 274. The molecule has 0 aliphatic carbocycles. The lowest BCUT2D eigenvalue weighted by Gasteiger charge is -2.15. The summed E-state index contributed by atoms with van der Waals surface area (Å²) in [4.78, 5) is 0. The third kappa shape index (κ3) is 4.32.